The van der Waals surface area contributed by atoms with Crippen LogP contribution < -0.4 is 4.74 Å². The Balaban J connectivity index is 2.86. The Labute approximate surface area is 136 Å². The van der Waals surface area contributed by atoms with Gasteiger partial charge < -0.3 is 14.7 Å². The molecule has 1 atom stereocenters. The first-order chi connectivity index (χ1) is 10.5. The van der Waals surface area contributed by atoms with E-state index in [4.69, 9.17) is 4.74 Å². The van der Waals surface area contributed by atoms with Crippen LogP contribution in [0.15, 0.2) is 12.1 Å². The minimum atomic E-state index is -0.498. The fourth-order valence-corrected chi connectivity index (χ4v) is 2.91. The van der Waals surface area contributed by atoms with Crippen LogP contribution in [0.3, 0.4) is 0 Å². The molecule has 0 spiro atoms. The molecule has 0 heterocycles. The summed E-state index contributed by atoms with van der Waals surface area (Å²) in [7, 11) is 1.68. The van der Waals surface area contributed by atoms with E-state index in [1.54, 1.807) is 7.11 Å². The number of methoxy groups -OCH3 is 1. The third-order valence-electron chi connectivity index (χ3n) is 4.10. The predicted octanol–water partition coefficient (Wildman–Crippen LogP) is 4.25. The van der Waals surface area contributed by atoms with Gasteiger partial charge in [0.15, 0.2) is 0 Å². The summed E-state index contributed by atoms with van der Waals surface area (Å²) in [6.07, 6.45) is 4.24. The second-order valence-corrected chi connectivity index (χ2v) is 6.23. The molecule has 1 aromatic carbocycles. The summed E-state index contributed by atoms with van der Waals surface area (Å²) in [5, 5.41) is 10.7. The van der Waals surface area contributed by atoms with Gasteiger partial charge >= 0.3 is 0 Å². The van der Waals surface area contributed by atoms with E-state index in [1.807, 2.05) is 13.0 Å². The van der Waals surface area contributed by atoms with Crippen molar-refractivity contribution < 1.29 is 9.84 Å². The Hall–Kier alpha value is -1.06. The van der Waals surface area contributed by atoms with Crippen molar-refractivity contribution in [3.8, 4) is 5.75 Å². The Bertz CT molecular complexity index is 437. The number of unbranched alkanes of at least 4 members (excludes halogenated alkanes) is 2. The highest BCUT2D eigenvalue weighted by atomic mass is 16.5. The van der Waals surface area contributed by atoms with Crippen molar-refractivity contribution in [2.75, 3.05) is 26.7 Å². The van der Waals surface area contributed by atoms with E-state index in [2.05, 4.69) is 31.7 Å². The van der Waals surface area contributed by atoms with Crippen molar-refractivity contribution in [3.63, 3.8) is 0 Å². The number of benzene rings is 1. The van der Waals surface area contributed by atoms with Crippen LogP contribution in [0, 0.1) is 13.8 Å². The van der Waals surface area contributed by atoms with Gasteiger partial charge in [-0.15, -0.1) is 0 Å². The molecular formula is C19H33NO2. The fraction of sp³-hybridized carbons (Fsp3) is 0.684. The highest BCUT2D eigenvalue weighted by Gasteiger charge is 2.18. The lowest BCUT2D eigenvalue weighted by Crippen LogP contribution is -2.31. The van der Waals surface area contributed by atoms with E-state index < -0.39 is 6.10 Å². The molecule has 3 nitrogen and oxygen atoms in total. The maximum Gasteiger partial charge on any atom is 0.127 e. The number of hydrogen-bond acceptors (Lipinski definition) is 3. The largest absolute Gasteiger partial charge is 0.496 e. The molecule has 0 aliphatic heterocycles. The highest BCUT2D eigenvalue weighted by Crippen LogP contribution is 2.30. The third kappa shape index (κ3) is 5.62. The van der Waals surface area contributed by atoms with Crippen LogP contribution >= 0.6 is 0 Å². The van der Waals surface area contributed by atoms with E-state index in [9.17, 15) is 5.11 Å². The molecule has 126 valence electrons. The first-order valence-corrected chi connectivity index (χ1v) is 8.59. The molecule has 0 saturated carbocycles. The molecule has 0 radical (unpaired) electrons. The molecule has 0 saturated heterocycles. The third-order valence-corrected chi connectivity index (χ3v) is 4.10. The van der Waals surface area contributed by atoms with Crippen LogP contribution in [-0.4, -0.2) is 36.8 Å². The molecule has 0 fully saturated rings. The zero-order valence-electron chi connectivity index (χ0n) is 15.0. The lowest BCUT2D eigenvalue weighted by atomic mass is 10.0. The van der Waals surface area contributed by atoms with Gasteiger partial charge in [0, 0.05) is 12.1 Å². The van der Waals surface area contributed by atoms with Crippen molar-refractivity contribution in [1.82, 2.24) is 4.90 Å². The second-order valence-electron chi connectivity index (χ2n) is 6.23. The van der Waals surface area contributed by atoms with E-state index in [0.717, 1.165) is 30.0 Å². The standard InChI is InChI=1S/C19H33NO2/c1-6-8-10-20(11-9-7-2)14-18(21)17-13-15(3)12-16(4)19(17)22-5/h12-13,18,21H,6-11,14H2,1-5H3. The molecule has 1 N–H and O–H groups in total. The van der Waals surface area contributed by atoms with Gasteiger partial charge in [0.1, 0.15) is 5.75 Å². The summed E-state index contributed by atoms with van der Waals surface area (Å²) < 4.78 is 5.52. The molecule has 0 aliphatic rings. The topological polar surface area (TPSA) is 32.7 Å². The van der Waals surface area contributed by atoms with Gasteiger partial charge in [0.2, 0.25) is 0 Å². The van der Waals surface area contributed by atoms with E-state index >= 15 is 0 Å². The number of aliphatic hydroxyl groups excluding tert-OH is 1. The Kier molecular flexibility index (Phi) is 8.51. The summed E-state index contributed by atoms with van der Waals surface area (Å²) in [5.41, 5.74) is 3.17. The van der Waals surface area contributed by atoms with Crippen molar-refractivity contribution in [2.24, 2.45) is 0 Å². The molecular weight excluding hydrogens is 274 g/mol. The lowest BCUT2D eigenvalue weighted by Gasteiger charge is -2.26. The normalized spacial score (nSPS) is 12.7. The SMILES string of the molecule is CCCCN(CCCC)CC(O)c1cc(C)cc(C)c1OC. The monoisotopic (exact) mass is 307 g/mol. The first kappa shape index (κ1) is 19.0. The number of aliphatic hydroxyl groups is 1. The van der Waals surface area contributed by atoms with E-state index in [-0.39, 0.29) is 0 Å². The lowest BCUT2D eigenvalue weighted by molar-refractivity contribution is 0.108. The smallest absolute Gasteiger partial charge is 0.127 e. The summed E-state index contributed by atoms with van der Waals surface area (Å²) in [6.45, 7) is 11.3. The van der Waals surface area contributed by atoms with Crippen LogP contribution in [0.5, 0.6) is 5.75 Å². The predicted molar refractivity (Wildman–Crippen MR) is 93.7 cm³/mol. The Morgan fingerprint density at radius 1 is 1.09 bits per heavy atom. The summed E-state index contributed by atoms with van der Waals surface area (Å²) in [4.78, 5) is 2.38. The van der Waals surface area contributed by atoms with Gasteiger partial charge in [-0.2, -0.15) is 0 Å². The van der Waals surface area contributed by atoms with Gasteiger partial charge in [-0.3, -0.25) is 0 Å². The van der Waals surface area contributed by atoms with Gasteiger partial charge in [-0.05, 0) is 51.4 Å². The zero-order valence-corrected chi connectivity index (χ0v) is 15.0. The molecule has 0 bridgehead atoms. The molecule has 3 heteroatoms. The van der Waals surface area contributed by atoms with Crippen LogP contribution in [-0.2, 0) is 0 Å². The average molecular weight is 307 g/mol. The molecule has 0 aliphatic carbocycles. The molecule has 0 aromatic heterocycles. The van der Waals surface area contributed by atoms with E-state index in [1.165, 1.54) is 31.2 Å². The van der Waals surface area contributed by atoms with Crippen LogP contribution in [0.1, 0.15) is 62.3 Å². The number of rotatable bonds is 10. The quantitative estimate of drug-likeness (QED) is 0.701. The first-order valence-electron chi connectivity index (χ1n) is 8.59. The maximum atomic E-state index is 10.7. The van der Waals surface area contributed by atoms with Gasteiger partial charge in [0.25, 0.3) is 0 Å². The second kappa shape index (κ2) is 9.86. The molecule has 0 amide bonds. The molecule has 1 unspecified atom stereocenters. The highest BCUT2D eigenvalue weighted by molar-refractivity contribution is 5.45. The minimum absolute atomic E-state index is 0.498. The Morgan fingerprint density at radius 3 is 2.18 bits per heavy atom. The number of hydrogen-bond donors (Lipinski definition) is 1. The molecule has 1 rings (SSSR count). The van der Waals surface area contributed by atoms with Crippen LogP contribution in [0.4, 0.5) is 0 Å². The number of aryl methyl sites for hydroxylation is 2. The van der Waals surface area contributed by atoms with Crippen molar-refractivity contribution in [2.45, 2.75) is 59.5 Å². The molecule has 22 heavy (non-hydrogen) atoms. The van der Waals surface area contributed by atoms with Crippen molar-refractivity contribution >= 4 is 0 Å². The number of nitrogens with zero attached hydrogens (tertiary/aromatic N) is 1. The summed E-state index contributed by atoms with van der Waals surface area (Å²) in [5.74, 6) is 0.823. The summed E-state index contributed by atoms with van der Waals surface area (Å²) in [6, 6.07) is 4.15. The van der Waals surface area contributed by atoms with Gasteiger partial charge in [-0.25, -0.2) is 0 Å². The maximum absolute atomic E-state index is 10.7. The zero-order chi connectivity index (χ0) is 16.5. The number of ether oxygens (including phenoxy) is 1. The van der Waals surface area contributed by atoms with E-state index in [0.29, 0.717) is 6.54 Å². The summed E-state index contributed by atoms with van der Waals surface area (Å²) >= 11 is 0. The van der Waals surface area contributed by atoms with Crippen molar-refractivity contribution in [1.29, 1.82) is 0 Å². The van der Waals surface area contributed by atoms with Crippen LogP contribution in [0.25, 0.3) is 0 Å². The molecule has 1 aromatic rings. The van der Waals surface area contributed by atoms with Crippen molar-refractivity contribution in [3.05, 3.63) is 28.8 Å². The Morgan fingerprint density at radius 2 is 1.68 bits per heavy atom. The van der Waals surface area contributed by atoms with Gasteiger partial charge in [-0.1, -0.05) is 38.3 Å². The van der Waals surface area contributed by atoms with Crippen LogP contribution in [0.2, 0.25) is 0 Å². The minimum Gasteiger partial charge on any atom is -0.496 e. The fourth-order valence-electron chi connectivity index (χ4n) is 2.91. The average Bonchev–Trinajstić information content (AvgIpc) is 2.49. The van der Waals surface area contributed by atoms with Gasteiger partial charge in [0.05, 0.1) is 13.2 Å².